The summed E-state index contributed by atoms with van der Waals surface area (Å²) in [6, 6.07) is 2.52. The molecular formula is C16H31N3. The Hall–Kier alpha value is -0.120. The molecule has 0 spiro atoms. The SMILES string of the molecule is CCNC1CCCC(N2CCCN3CCCC3C2)C1. The molecule has 3 heteroatoms. The van der Waals surface area contributed by atoms with Crippen LogP contribution in [0.5, 0.6) is 0 Å². The number of hydrogen-bond acceptors (Lipinski definition) is 3. The van der Waals surface area contributed by atoms with Crippen molar-refractivity contribution >= 4 is 0 Å². The molecule has 1 saturated carbocycles. The van der Waals surface area contributed by atoms with Gasteiger partial charge in [0.2, 0.25) is 0 Å². The van der Waals surface area contributed by atoms with Gasteiger partial charge in [-0.1, -0.05) is 13.3 Å². The van der Waals surface area contributed by atoms with Crippen LogP contribution in [0.25, 0.3) is 0 Å². The second kappa shape index (κ2) is 6.55. The molecule has 110 valence electrons. The molecule has 0 aromatic carbocycles. The summed E-state index contributed by atoms with van der Waals surface area (Å²) in [5, 5.41) is 3.68. The van der Waals surface area contributed by atoms with Crippen molar-refractivity contribution in [2.45, 2.75) is 70.0 Å². The molecule has 2 heterocycles. The Bertz CT molecular complexity index is 279. The van der Waals surface area contributed by atoms with E-state index in [1.165, 1.54) is 71.1 Å². The van der Waals surface area contributed by atoms with E-state index in [0.29, 0.717) is 0 Å². The van der Waals surface area contributed by atoms with Crippen molar-refractivity contribution in [3.05, 3.63) is 0 Å². The predicted octanol–water partition coefficient (Wildman–Crippen LogP) is 2.08. The van der Waals surface area contributed by atoms with Gasteiger partial charge in [-0.3, -0.25) is 9.80 Å². The fraction of sp³-hybridized carbons (Fsp3) is 1.00. The Balaban J connectivity index is 1.57. The van der Waals surface area contributed by atoms with Crippen molar-refractivity contribution in [3.8, 4) is 0 Å². The zero-order valence-electron chi connectivity index (χ0n) is 12.6. The van der Waals surface area contributed by atoms with E-state index in [4.69, 9.17) is 0 Å². The lowest BCUT2D eigenvalue weighted by molar-refractivity contribution is 0.128. The summed E-state index contributed by atoms with van der Waals surface area (Å²) in [4.78, 5) is 5.60. The van der Waals surface area contributed by atoms with Crippen LogP contribution in [0.2, 0.25) is 0 Å². The van der Waals surface area contributed by atoms with Crippen molar-refractivity contribution in [1.29, 1.82) is 0 Å². The monoisotopic (exact) mass is 265 g/mol. The molecular weight excluding hydrogens is 234 g/mol. The normalized spacial score (nSPS) is 38.1. The molecule has 3 rings (SSSR count). The second-order valence-electron chi connectivity index (χ2n) is 6.76. The van der Waals surface area contributed by atoms with Crippen LogP contribution in [0.3, 0.4) is 0 Å². The second-order valence-corrected chi connectivity index (χ2v) is 6.76. The lowest BCUT2D eigenvalue weighted by Crippen LogP contribution is -2.47. The van der Waals surface area contributed by atoms with Crippen LogP contribution < -0.4 is 5.32 Å². The molecule has 0 aromatic rings. The first-order valence-electron chi connectivity index (χ1n) is 8.58. The molecule has 3 atom stereocenters. The molecule has 19 heavy (non-hydrogen) atoms. The maximum atomic E-state index is 3.68. The Morgan fingerprint density at radius 1 is 0.895 bits per heavy atom. The van der Waals surface area contributed by atoms with Crippen LogP contribution in [0.15, 0.2) is 0 Å². The molecule has 3 fully saturated rings. The summed E-state index contributed by atoms with van der Waals surface area (Å²) in [7, 11) is 0. The smallest absolute Gasteiger partial charge is 0.0223 e. The summed E-state index contributed by atoms with van der Waals surface area (Å²) in [5.41, 5.74) is 0. The molecule has 1 N–H and O–H groups in total. The third-order valence-corrected chi connectivity index (χ3v) is 5.49. The van der Waals surface area contributed by atoms with Gasteiger partial charge >= 0.3 is 0 Å². The van der Waals surface area contributed by atoms with Gasteiger partial charge in [0.25, 0.3) is 0 Å². The van der Waals surface area contributed by atoms with Gasteiger partial charge in [-0.05, 0) is 64.7 Å². The van der Waals surface area contributed by atoms with Gasteiger partial charge in [-0.2, -0.15) is 0 Å². The van der Waals surface area contributed by atoms with E-state index in [1.807, 2.05) is 0 Å². The summed E-state index contributed by atoms with van der Waals surface area (Å²) < 4.78 is 0. The van der Waals surface area contributed by atoms with Crippen molar-refractivity contribution in [1.82, 2.24) is 15.1 Å². The van der Waals surface area contributed by atoms with E-state index < -0.39 is 0 Å². The quantitative estimate of drug-likeness (QED) is 0.843. The summed E-state index contributed by atoms with van der Waals surface area (Å²) in [6.07, 6.45) is 9.91. The van der Waals surface area contributed by atoms with Crippen molar-refractivity contribution in [3.63, 3.8) is 0 Å². The van der Waals surface area contributed by atoms with Gasteiger partial charge < -0.3 is 5.32 Å². The summed E-state index contributed by atoms with van der Waals surface area (Å²) in [5.74, 6) is 0. The Morgan fingerprint density at radius 2 is 1.68 bits per heavy atom. The Labute approximate surface area is 118 Å². The van der Waals surface area contributed by atoms with E-state index in [0.717, 1.165) is 24.7 Å². The standard InChI is InChI=1S/C16H31N3/c1-2-17-14-6-3-7-15(12-14)19-11-5-10-18-9-4-8-16(18)13-19/h14-17H,2-13H2,1H3. The van der Waals surface area contributed by atoms with Gasteiger partial charge in [-0.15, -0.1) is 0 Å². The van der Waals surface area contributed by atoms with Crippen LogP contribution in [-0.4, -0.2) is 60.6 Å². The largest absolute Gasteiger partial charge is 0.314 e. The van der Waals surface area contributed by atoms with Crippen LogP contribution in [-0.2, 0) is 0 Å². The van der Waals surface area contributed by atoms with E-state index in [1.54, 1.807) is 0 Å². The number of hydrogen-bond donors (Lipinski definition) is 1. The fourth-order valence-corrected chi connectivity index (χ4v) is 4.54. The van der Waals surface area contributed by atoms with Crippen LogP contribution in [0.4, 0.5) is 0 Å². The van der Waals surface area contributed by atoms with Crippen molar-refractivity contribution in [2.24, 2.45) is 0 Å². The average molecular weight is 265 g/mol. The summed E-state index contributed by atoms with van der Waals surface area (Å²) >= 11 is 0. The molecule has 1 aliphatic carbocycles. The van der Waals surface area contributed by atoms with Crippen LogP contribution >= 0.6 is 0 Å². The highest BCUT2D eigenvalue weighted by atomic mass is 15.3. The van der Waals surface area contributed by atoms with Gasteiger partial charge in [0.1, 0.15) is 0 Å². The number of rotatable bonds is 3. The molecule has 3 aliphatic rings. The van der Waals surface area contributed by atoms with Gasteiger partial charge in [-0.25, -0.2) is 0 Å². The number of nitrogens with zero attached hydrogens (tertiary/aromatic N) is 2. The molecule has 0 aromatic heterocycles. The number of fused-ring (bicyclic) bond motifs is 1. The lowest BCUT2D eigenvalue weighted by atomic mass is 9.89. The first kappa shape index (κ1) is 13.8. The minimum absolute atomic E-state index is 0.784. The first-order valence-corrected chi connectivity index (χ1v) is 8.58. The zero-order valence-corrected chi connectivity index (χ0v) is 12.6. The Kier molecular flexibility index (Phi) is 4.78. The number of nitrogens with one attached hydrogen (secondary N) is 1. The molecule has 0 radical (unpaired) electrons. The summed E-state index contributed by atoms with van der Waals surface area (Å²) in [6.45, 7) is 8.79. The third kappa shape index (κ3) is 3.32. The van der Waals surface area contributed by atoms with E-state index >= 15 is 0 Å². The highest BCUT2D eigenvalue weighted by molar-refractivity contribution is 4.90. The van der Waals surface area contributed by atoms with Gasteiger partial charge in [0.05, 0.1) is 0 Å². The molecule has 3 unspecified atom stereocenters. The molecule has 0 amide bonds. The maximum absolute atomic E-state index is 3.68. The van der Waals surface area contributed by atoms with Crippen molar-refractivity contribution in [2.75, 3.05) is 32.7 Å². The molecule has 0 bridgehead atoms. The maximum Gasteiger partial charge on any atom is 0.0223 e. The van der Waals surface area contributed by atoms with Gasteiger partial charge in [0, 0.05) is 24.7 Å². The van der Waals surface area contributed by atoms with Crippen molar-refractivity contribution < 1.29 is 0 Å². The fourth-order valence-electron chi connectivity index (χ4n) is 4.54. The lowest BCUT2D eigenvalue weighted by Gasteiger charge is -2.38. The molecule has 3 nitrogen and oxygen atoms in total. The minimum atomic E-state index is 0.784. The predicted molar refractivity (Wildman–Crippen MR) is 80.5 cm³/mol. The molecule has 2 aliphatic heterocycles. The van der Waals surface area contributed by atoms with Crippen LogP contribution in [0.1, 0.15) is 51.9 Å². The van der Waals surface area contributed by atoms with E-state index in [-0.39, 0.29) is 0 Å². The average Bonchev–Trinajstić information content (AvgIpc) is 2.77. The van der Waals surface area contributed by atoms with E-state index in [2.05, 4.69) is 22.0 Å². The highest BCUT2D eigenvalue weighted by Gasteiger charge is 2.33. The van der Waals surface area contributed by atoms with E-state index in [9.17, 15) is 0 Å². The highest BCUT2D eigenvalue weighted by Crippen LogP contribution is 2.28. The molecule has 2 saturated heterocycles. The topological polar surface area (TPSA) is 18.5 Å². The first-order chi connectivity index (χ1) is 9.36. The zero-order chi connectivity index (χ0) is 13.1. The third-order valence-electron chi connectivity index (χ3n) is 5.49. The van der Waals surface area contributed by atoms with Gasteiger partial charge in [0.15, 0.2) is 0 Å². The van der Waals surface area contributed by atoms with Crippen LogP contribution in [0, 0.1) is 0 Å². The minimum Gasteiger partial charge on any atom is -0.314 e. The Morgan fingerprint density at radius 3 is 2.58 bits per heavy atom.